The molecule has 10 rings (SSSR count). The van der Waals surface area contributed by atoms with Crippen LogP contribution in [-0.2, 0) is 0 Å². The summed E-state index contributed by atoms with van der Waals surface area (Å²) in [5.41, 5.74) is 19.1. The van der Waals surface area contributed by atoms with Gasteiger partial charge in [0.15, 0.2) is 0 Å². The van der Waals surface area contributed by atoms with Gasteiger partial charge >= 0.3 is 0 Å². The van der Waals surface area contributed by atoms with Crippen molar-refractivity contribution in [1.82, 2.24) is 4.98 Å². The lowest BCUT2D eigenvalue weighted by atomic mass is 9.84. The molecule has 6 nitrogen and oxygen atoms in total. The van der Waals surface area contributed by atoms with E-state index in [9.17, 15) is 10.5 Å². The molecule has 0 saturated heterocycles. The van der Waals surface area contributed by atoms with Crippen molar-refractivity contribution >= 4 is 16.9 Å². The average Bonchev–Trinajstić information content (AvgIpc) is 3.97. The SMILES string of the molecule is Cc1cc(C)c(/C(=C2/N=C(c3ccc4c(c3)C(C)c3cccc(C(C)C)c3O4)C(C#N)=C2c2ccccc2)c2[nH]c(-c3ccc(Oc4c(C(C)C)cccc4C(C)C)cc3)c(C#N)c2-c2ccccc2)c(C)c1. The van der Waals surface area contributed by atoms with Crippen LogP contribution in [0.1, 0.15) is 145 Å². The first-order valence-corrected chi connectivity index (χ1v) is 25.5. The lowest BCUT2D eigenvalue weighted by molar-refractivity contribution is 0.441. The molecule has 7 aromatic carbocycles. The summed E-state index contributed by atoms with van der Waals surface area (Å²) in [6.07, 6.45) is 0. The molecule has 6 heteroatoms. The molecular weight excluding hydrogens is 893 g/mol. The Bertz CT molecular complexity index is 3600. The van der Waals surface area contributed by atoms with Gasteiger partial charge in [-0.15, -0.1) is 0 Å². The summed E-state index contributed by atoms with van der Waals surface area (Å²) in [6.45, 7) is 21.8. The van der Waals surface area contributed by atoms with Crippen molar-refractivity contribution in [1.29, 1.82) is 10.5 Å². The number of aromatic amines is 1. The molecule has 73 heavy (non-hydrogen) atoms. The van der Waals surface area contributed by atoms with Crippen molar-refractivity contribution in [2.75, 3.05) is 0 Å². The van der Waals surface area contributed by atoms with Gasteiger partial charge in [-0.3, -0.25) is 0 Å². The van der Waals surface area contributed by atoms with Crippen molar-refractivity contribution < 1.29 is 9.47 Å². The van der Waals surface area contributed by atoms with Gasteiger partial charge in [-0.05, 0) is 131 Å². The number of fused-ring (bicyclic) bond motifs is 2. The fourth-order valence-electron chi connectivity index (χ4n) is 11.0. The topological polar surface area (TPSA) is 94.2 Å². The fourth-order valence-corrected chi connectivity index (χ4v) is 11.0. The van der Waals surface area contributed by atoms with Gasteiger partial charge in [0.2, 0.25) is 0 Å². The van der Waals surface area contributed by atoms with Gasteiger partial charge in [0.05, 0.1) is 33.9 Å². The number of nitrogens with one attached hydrogen (secondary N) is 1. The second-order valence-electron chi connectivity index (χ2n) is 20.5. The molecule has 0 spiro atoms. The van der Waals surface area contributed by atoms with Crippen LogP contribution in [-0.4, -0.2) is 10.7 Å². The number of para-hydroxylation sites is 2. The third-order valence-electron chi connectivity index (χ3n) is 14.5. The van der Waals surface area contributed by atoms with E-state index in [4.69, 9.17) is 14.5 Å². The highest BCUT2D eigenvalue weighted by atomic mass is 16.5. The van der Waals surface area contributed by atoms with Gasteiger partial charge in [0.25, 0.3) is 0 Å². The van der Waals surface area contributed by atoms with E-state index in [0.29, 0.717) is 39.9 Å². The van der Waals surface area contributed by atoms with Gasteiger partial charge in [-0.1, -0.05) is 163 Å². The zero-order chi connectivity index (χ0) is 51.2. The van der Waals surface area contributed by atoms with Crippen LogP contribution >= 0.6 is 0 Å². The Labute approximate surface area is 430 Å². The maximum Gasteiger partial charge on any atom is 0.134 e. The van der Waals surface area contributed by atoms with Gasteiger partial charge in [0.1, 0.15) is 35.1 Å². The third kappa shape index (κ3) is 8.68. The zero-order valence-electron chi connectivity index (χ0n) is 43.4. The van der Waals surface area contributed by atoms with Crippen LogP contribution in [0.5, 0.6) is 23.0 Å². The number of rotatable bonds is 11. The molecule has 0 radical (unpaired) electrons. The predicted octanol–water partition coefficient (Wildman–Crippen LogP) is 17.8. The molecule has 8 aromatic rings. The lowest BCUT2D eigenvalue weighted by Crippen LogP contribution is -2.12. The number of allylic oxidation sites excluding steroid dienone is 2. The molecule has 1 aromatic heterocycles. The maximum absolute atomic E-state index is 11.5. The number of nitriles is 2. The van der Waals surface area contributed by atoms with Crippen molar-refractivity contribution in [3.05, 3.63) is 235 Å². The van der Waals surface area contributed by atoms with Crippen molar-refractivity contribution in [3.8, 4) is 57.5 Å². The molecule has 360 valence electrons. The zero-order valence-corrected chi connectivity index (χ0v) is 43.4. The minimum Gasteiger partial charge on any atom is -0.457 e. The standard InChI is InChI=1S/C67H60N4O2/c1-38(2)50-23-17-24-51(39(3)4)66(50)72-49-30-27-47(28-31-49)62-55(36-68)59(45-19-13-11-14-20-45)64(70-62)61(58-42(8)33-41(7)34-43(58)9)65-60(46-21-15-12-16-22-46)56(37-69)63(71-65)48-29-32-57-54(35-48)44(10)53-26-18-25-52(40(5)6)67(53)73-57/h11-35,38-40,44,70H,1-10H3/b65-61-. The Hall–Kier alpha value is -8.45. The number of hydrogen-bond acceptors (Lipinski definition) is 5. The normalized spacial score (nSPS) is 14.7. The molecule has 1 N–H and O–H groups in total. The maximum atomic E-state index is 11.5. The first-order valence-electron chi connectivity index (χ1n) is 25.5. The molecule has 2 aliphatic rings. The number of aliphatic imine (C=N–C) groups is 1. The van der Waals surface area contributed by atoms with Crippen LogP contribution in [0.4, 0.5) is 0 Å². The summed E-state index contributed by atoms with van der Waals surface area (Å²) < 4.78 is 13.5. The summed E-state index contributed by atoms with van der Waals surface area (Å²) in [4.78, 5) is 9.58. The van der Waals surface area contributed by atoms with Crippen molar-refractivity contribution in [2.45, 2.75) is 92.9 Å². The van der Waals surface area contributed by atoms with E-state index in [1.165, 1.54) is 5.56 Å². The molecule has 1 atom stereocenters. The highest BCUT2D eigenvalue weighted by Gasteiger charge is 2.35. The minimum atomic E-state index is 0.0371. The number of aryl methyl sites for hydroxylation is 3. The highest BCUT2D eigenvalue weighted by Crippen LogP contribution is 2.51. The monoisotopic (exact) mass is 952 g/mol. The van der Waals surface area contributed by atoms with Crippen molar-refractivity contribution in [2.24, 2.45) is 4.99 Å². The van der Waals surface area contributed by atoms with Crippen LogP contribution in [0.2, 0.25) is 0 Å². The van der Waals surface area contributed by atoms with Gasteiger partial charge < -0.3 is 14.5 Å². The smallest absolute Gasteiger partial charge is 0.134 e. The van der Waals surface area contributed by atoms with E-state index in [1.807, 2.05) is 72.8 Å². The summed E-state index contributed by atoms with van der Waals surface area (Å²) in [5.74, 6) is 4.23. The highest BCUT2D eigenvalue weighted by molar-refractivity contribution is 6.26. The summed E-state index contributed by atoms with van der Waals surface area (Å²) in [5, 5.41) is 22.9. The second kappa shape index (κ2) is 19.6. The summed E-state index contributed by atoms with van der Waals surface area (Å²) in [6, 6.07) is 57.0. The van der Waals surface area contributed by atoms with E-state index < -0.39 is 0 Å². The molecule has 2 aliphatic heterocycles. The second-order valence-corrected chi connectivity index (χ2v) is 20.5. The molecule has 0 saturated carbocycles. The lowest BCUT2D eigenvalue weighted by Gasteiger charge is -2.29. The summed E-state index contributed by atoms with van der Waals surface area (Å²) >= 11 is 0. The Kier molecular flexibility index (Phi) is 13.0. The Morgan fingerprint density at radius 1 is 0.616 bits per heavy atom. The third-order valence-corrected chi connectivity index (χ3v) is 14.5. The van der Waals surface area contributed by atoms with Crippen LogP contribution in [0.3, 0.4) is 0 Å². The van der Waals surface area contributed by atoms with Crippen LogP contribution in [0.15, 0.2) is 168 Å². The minimum absolute atomic E-state index is 0.0371. The van der Waals surface area contributed by atoms with Crippen LogP contribution in [0.25, 0.3) is 33.5 Å². The molecule has 0 fully saturated rings. The van der Waals surface area contributed by atoms with Crippen LogP contribution in [0, 0.1) is 43.4 Å². The quantitative estimate of drug-likeness (QED) is 0.140. The molecule has 0 bridgehead atoms. The number of benzene rings is 7. The number of nitrogens with zero attached hydrogens (tertiary/aromatic N) is 3. The van der Waals surface area contributed by atoms with E-state index in [-0.39, 0.29) is 17.8 Å². The number of hydrogen-bond donors (Lipinski definition) is 1. The van der Waals surface area contributed by atoms with E-state index in [2.05, 4.69) is 165 Å². The fraction of sp³-hybridized carbons (Fsp3) is 0.209. The van der Waals surface area contributed by atoms with E-state index >= 15 is 0 Å². The first kappa shape index (κ1) is 48.2. The first-order chi connectivity index (χ1) is 35.3. The van der Waals surface area contributed by atoms with E-state index in [0.717, 1.165) is 106 Å². The van der Waals surface area contributed by atoms with Gasteiger partial charge in [0, 0.05) is 39.3 Å². The number of ether oxygens (including phenoxy) is 2. The molecule has 0 amide bonds. The average molecular weight is 953 g/mol. The molecule has 3 heterocycles. The largest absolute Gasteiger partial charge is 0.457 e. The molecule has 0 aliphatic carbocycles. The number of H-pyrrole nitrogens is 1. The van der Waals surface area contributed by atoms with Crippen LogP contribution < -0.4 is 9.47 Å². The Morgan fingerprint density at radius 3 is 1.81 bits per heavy atom. The summed E-state index contributed by atoms with van der Waals surface area (Å²) in [7, 11) is 0. The van der Waals surface area contributed by atoms with Gasteiger partial charge in [-0.2, -0.15) is 10.5 Å². The Balaban J connectivity index is 1.23. The molecular formula is C67H60N4O2. The van der Waals surface area contributed by atoms with E-state index in [1.54, 1.807) is 0 Å². The van der Waals surface area contributed by atoms with Gasteiger partial charge in [-0.25, -0.2) is 4.99 Å². The predicted molar refractivity (Wildman–Crippen MR) is 298 cm³/mol. The molecule has 1 unspecified atom stereocenters. The Morgan fingerprint density at radius 2 is 1.21 bits per heavy atom. The number of aromatic nitrogens is 1. The van der Waals surface area contributed by atoms with Crippen molar-refractivity contribution in [3.63, 3.8) is 0 Å².